The molecule has 3 atom stereocenters. The van der Waals surface area contributed by atoms with Crippen molar-refractivity contribution in [3.63, 3.8) is 0 Å². The Labute approximate surface area is 258 Å². The molecule has 4 aromatic rings. The largest absolute Gasteiger partial charge is 0.490 e. The first kappa shape index (κ1) is 29.1. The summed E-state index contributed by atoms with van der Waals surface area (Å²) in [6.45, 7) is 1.81. The monoisotopic (exact) mass is 632 g/mol. The van der Waals surface area contributed by atoms with Crippen molar-refractivity contribution < 1.29 is 28.8 Å². The number of H-pyrrole nitrogens is 1. The number of aromatic amines is 1. The molecule has 224 valence electrons. The zero-order valence-electron chi connectivity index (χ0n) is 23.1. The van der Waals surface area contributed by atoms with E-state index in [-0.39, 0.29) is 35.4 Å². The predicted molar refractivity (Wildman–Crippen MR) is 164 cm³/mol. The number of hydrogen-bond acceptors (Lipinski definition) is 10. The molecule has 44 heavy (non-hydrogen) atoms. The number of nitro benzene ring substituents is 1. The lowest BCUT2D eigenvalue weighted by Gasteiger charge is -2.30. The zero-order valence-corrected chi connectivity index (χ0v) is 24.7. The van der Waals surface area contributed by atoms with Crippen molar-refractivity contribution >= 4 is 57.9 Å². The lowest BCUT2D eigenvalue weighted by molar-refractivity contribution is -0.384. The number of hydrogen-bond donors (Lipinski definition) is 2. The number of non-ortho nitro benzene ring substituents is 1. The summed E-state index contributed by atoms with van der Waals surface area (Å²) in [4.78, 5) is 67.2. The molecule has 1 aromatic heterocycles. The fourth-order valence-electron chi connectivity index (χ4n) is 5.32. The highest BCUT2D eigenvalue weighted by Gasteiger charge is 2.56. The number of carbonyl (C=O) groups excluding carboxylic acids is 3. The van der Waals surface area contributed by atoms with Gasteiger partial charge in [-0.3, -0.25) is 29.3 Å². The number of fused-ring (bicyclic) bond motifs is 2. The van der Waals surface area contributed by atoms with E-state index < -0.39 is 33.8 Å². The molecule has 3 amide bonds. The maximum absolute atomic E-state index is 13.9. The minimum Gasteiger partial charge on any atom is -0.490 e. The van der Waals surface area contributed by atoms with Crippen molar-refractivity contribution in [1.82, 2.24) is 4.98 Å². The highest BCUT2D eigenvalue weighted by atomic mass is 32.2. The fourth-order valence-corrected chi connectivity index (χ4v) is 7.84. The van der Waals surface area contributed by atoms with Crippen molar-refractivity contribution in [1.29, 1.82) is 0 Å². The normalized spacial score (nSPS) is 18.8. The minimum absolute atomic E-state index is 0.166. The highest BCUT2D eigenvalue weighted by molar-refractivity contribution is 8.00. The third-order valence-electron chi connectivity index (χ3n) is 7.19. The number of amides is 3. The Bertz CT molecular complexity index is 1820. The standard InChI is InChI=1S/C30H24N4O8S2/c1-2-41-21-14-16(8-13-20(21)42-15-22(35)31-17-6-4-3-5-7-17)23-24-26(43-27-25(23)44-30(38)32-27)29(37)33(28(24)36)18-9-11-19(12-10-18)34(39)40/h3-14,23-24,26H,2,15H2,1H3,(H,31,35)(H,32,38)/t23-,24?,26?/m1/s1. The van der Waals surface area contributed by atoms with E-state index in [0.29, 0.717) is 32.7 Å². The first-order chi connectivity index (χ1) is 21.2. The molecule has 2 aliphatic heterocycles. The number of benzene rings is 3. The van der Waals surface area contributed by atoms with E-state index in [0.717, 1.165) is 28.0 Å². The van der Waals surface area contributed by atoms with Crippen molar-refractivity contribution in [3.05, 3.63) is 103 Å². The molecule has 2 aliphatic rings. The van der Waals surface area contributed by atoms with Crippen LogP contribution >= 0.6 is 23.1 Å². The van der Waals surface area contributed by atoms with E-state index in [1.807, 2.05) is 6.07 Å². The van der Waals surface area contributed by atoms with Crippen LogP contribution in [0.2, 0.25) is 0 Å². The van der Waals surface area contributed by atoms with Crippen LogP contribution in [-0.4, -0.2) is 46.1 Å². The number of nitrogens with zero attached hydrogens (tertiary/aromatic N) is 2. The maximum atomic E-state index is 13.9. The molecular formula is C30H24N4O8S2. The number of aromatic nitrogens is 1. The molecule has 0 radical (unpaired) electrons. The van der Waals surface area contributed by atoms with Gasteiger partial charge in [-0.2, -0.15) is 0 Å². The lowest BCUT2D eigenvalue weighted by atomic mass is 9.83. The van der Waals surface area contributed by atoms with Crippen LogP contribution in [0.1, 0.15) is 23.3 Å². The van der Waals surface area contributed by atoms with Crippen LogP contribution in [0.25, 0.3) is 0 Å². The maximum Gasteiger partial charge on any atom is 0.305 e. The Balaban J connectivity index is 1.32. The van der Waals surface area contributed by atoms with Gasteiger partial charge in [0.05, 0.1) is 28.2 Å². The number of imide groups is 1. The number of nitro groups is 1. The van der Waals surface area contributed by atoms with Gasteiger partial charge in [-0.05, 0) is 48.9 Å². The van der Waals surface area contributed by atoms with Gasteiger partial charge < -0.3 is 19.8 Å². The van der Waals surface area contributed by atoms with Crippen molar-refractivity contribution in [3.8, 4) is 11.5 Å². The number of para-hydroxylation sites is 1. The average molecular weight is 633 g/mol. The van der Waals surface area contributed by atoms with Gasteiger partial charge in [0.15, 0.2) is 18.1 Å². The highest BCUT2D eigenvalue weighted by Crippen LogP contribution is 2.53. The van der Waals surface area contributed by atoms with E-state index in [1.54, 1.807) is 49.4 Å². The molecule has 14 heteroatoms. The lowest BCUT2D eigenvalue weighted by Crippen LogP contribution is -2.32. The van der Waals surface area contributed by atoms with Crippen molar-refractivity contribution in [2.75, 3.05) is 23.4 Å². The quantitative estimate of drug-likeness (QED) is 0.153. The summed E-state index contributed by atoms with van der Waals surface area (Å²) < 4.78 is 11.6. The van der Waals surface area contributed by atoms with E-state index in [4.69, 9.17) is 9.47 Å². The van der Waals surface area contributed by atoms with Gasteiger partial charge in [0.1, 0.15) is 5.25 Å². The Kier molecular flexibility index (Phi) is 7.93. The second kappa shape index (κ2) is 12.0. The van der Waals surface area contributed by atoms with Crippen LogP contribution in [0, 0.1) is 16.0 Å². The van der Waals surface area contributed by atoms with Crippen LogP contribution in [0.4, 0.5) is 17.1 Å². The van der Waals surface area contributed by atoms with Crippen molar-refractivity contribution in [2.45, 2.75) is 23.1 Å². The minimum atomic E-state index is -0.862. The Morgan fingerprint density at radius 1 is 1.00 bits per heavy atom. The average Bonchev–Trinajstić information content (AvgIpc) is 3.51. The molecule has 0 bridgehead atoms. The Morgan fingerprint density at radius 2 is 1.75 bits per heavy atom. The van der Waals surface area contributed by atoms with Gasteiger partial charge in [0.2, 0.25) is 11.8 Å². The molecule has 2 N–H and O–H groups in total. The molecular weight excluding hydrogens is 608 g/mol. The third kappa shape index (κ3) is 5.44. The fraction of sp³-hybridized carbons (Fsp3) is 0.200. The van der Waals surface area contributed by atoms with E-state index in [9.17, 15) is 29.3 Å². The molecule has 3 aromatic carbocycles. The summed E-state index contributed by atoms with van der Waals surface area (Å²) >= 11 is 2.10. The molecule has 3 heterocycles. The SMILES string of the molecule is CCOc1cc([C@H]2c3sc(=O)[nH]c3SC3C(=O)N(c4ccc([N+](=O)[O-])cc4)C(=O)C32)ccc1OCC(=O)Nc1ccccc1. The summed E-state index contributed by atoms with van der Waals surface area (Å²) in [5.74, 6) is -2.21. The summed E-state index contributed by atoms with van der Waals surface area (Å²) in [6.07, 6.45) is 0. The van der Waals surface area contributed by atoms with Crippen molar-refractivity contribution in [2.24, 2.45) is 5.92 Å². The van der Waals surface area contributed by atoms with Crippen LogP contribution < -0.4 is 24.6 Å². The van der Waals surface area contributed by atoms with Gasteiger partial charge in [0.25, 0.3) is 11.6 Å². The molecule has 12 nitrogen and oxygen atoms in total. The predicted octanol–water partition coefficient (Wildman–Crippen LogP) is 4.56. The summed E-state index contributed by atoms with van der Waals surface area (Å²) in [5, 5.41) is 13.5. The number of anilines is 2. The summed E-state index contributed by atoms with van der Waals surface area (Å²) in [7, 11) is 0. The number of ether oxygens (including phenoxy) is 2. The van der Waals surface area contributed by atoms with Crippen LogP contribution in [0.5, 0.6) is 11.5 Å². The van der Waals surface area contributed by atoms with E-state index in [2.05, 4.69) is 10.3 Å². The molecule has 1 saturated heterocycles. The molecule has 1 fully saturated rings. The number of thiazole rings is 1. The van der Waals surface area contributed by atoms with E-state index in [1.165, 1.54) is 24.3 Å². The first-order valence-corrected chi connectivity index (χ1v) is 15.2. The van der Waals surface area contributed by atoms with E-state index >= 15 is 0 Å². The van der Waals surface area contributed by atoms with Gasteiger partial charge >= 0.3 is 4.87 Å². The topological polar surface area (TPSA) is 161 Å². The third-order valence-corrected chi connectivity index (χ3v) is 9.59. The molecule has 0 aliphatic carbocycles. The smallest absolute Gasteiger partial charge is 0.305 e. The van der Waals surface area contributed by atoms with Gasteiger partial charge in [-0.1, -0.05) is 47.4 Å². The van der Waals surface area contributed by atoms with Gasteiger partial charge in [-0.25, -0.2) is 4.90 Å². The number of nitrogens with one attached hydrogen (secondary N) is 2. The van der Waals surface area contributed by atoms with Gasteiger partial charge in [-0.15, -0.1) is 0 Å². The zero-order chi connectivity index (χ0) is 31.0. The summed E-state index contributed by atoms with van der Waals surface area (Å²) in [6, 6.07) is 19.2. The van der Waals surface area contributed by atoms with Crippen LogP contribution in [-0.2, 0) is 14.4 Å². The first-order valence-electron chi connectivity index (χ1n) is 13.5. The molecule has 6 rings (SSSR count). The Morgan fingerprint density at radius 3 is 2.45 bits per heavy atom. The van der Waals surface area contributed by atoms with Crippen LogP contribution in [0.3, 0.4) is 0 Å². The van der Waals surface area contributed by atoms with Crippen LogP contribution in [0.15, 0.2) is 82.6 Å². The number of carbonyl (C=O) groups is 3. The number of thioether (sulfide) groups is 1. The summed E-state index contributed by atoms with van der Waals surface area (Å²) in [5.41, 5.74) is 1.31. The molecule has 0 saturated carbocycles. The second-order valence-electron chi connectivity index (χ2n) is 9.88. The molecule has 2 unspecified atom stereocenters. The van der Waals surface area contributed by atoms with Gasteiger partial charge in [0, 0.05) is 28.6 Å². The number of rotatable bonds is 9. The second-order valence-corrected chi connectivity index (χ2v) is 12.0. The molecule has 0 spiro atoms. The Hall–Kier alpha value is -4.95.